The highest BCUT2D eigenvalue weighted by Crippen LogP contribution is 2.41. The van der Waals surface area contributed by atoms with Crippen LogP contribution >= 0.6 is 0 Å². The summed E-state index contributed by atoms with van der Waals surface area (Å²) in [6.45, 7) is 0. The molecule has 0 N–H and O–H groups in total. The zero-order chi connectivity index (χ0) is 36.3. The van der Waals surface area contributed by atoms with E-state index in [9.17, 15) is 0 Å². The van der Waals surface area contributed by atoms with Crippen LogP contribution in [0.3, 0.4) is 0 Å². The molecule has 0 spiro atoms. The molecule has 11 aromatic rings. The molecule has 2 heteroatoms. The average Bonchev–Trinajstić information content (AvgIpc) is 3.66. The number of aromatic nitrogens is 1. The van der Waals surface area contributed by atoms with Crippen LogP contribution in [0.25, 0.3) is 110 Å². The summed E-state index contributed by atoms with van der Waals surface area (Å²) in [7, 11) is 0. The summed E-state index contributed by atoms with van der Waals surface area (Å²) in [5.74, 6) is 0. The first-order valence-corrected chi connectivity index (χ1v) is 18.8. The van der Waals surface area contributed by atoms with E-state index < -0.39 is 0 Å². The number of pyridine rings is 1. The highest BCUT2D eigenvalue weighted by atomic mass is 16.3. The molecule has 0 aliphatic heterocycles. The molecule has 2 nitrogen and oxygen atoms in total. The summed E-state index contributed by atoms with van der Waals surface area (Å²) < 4.78 is 6.46. The van der Waals surface area contributed by atoms with Gasteiger partial charge in [-0.1, -0.05) is 146 Å². The Balaban J connectivity index is 1.11. The zero-order valence-electron chi connectivity index (χ0n) is 29.9. The lowest BCUT2D eigenvalue weighted by Gasteiger charge is -2.15. The molecule has 55 heavy (non-hydrogen) atoms. The number of benzene rings is 9. The molecular weight excluding hydrogens is 667 g/mol. The maximum Gasteiger partial charge on any atom is 0.143 e. The van der Waals surface area contributed by atoms with Crippen molar-refractivity contribution in [3.8, 4) is 55.8 Å². The third-order valence-corrected chi connectivity index (χ3v) is 11.1. The van der Waals surface area contributed by atoms with Crippen LogP contribution in [0.1, 0.15) is 0 Å². The summed E-state index contributed by atoms with van der Waals surface area (Å²) in [6, 6.07) is 69.8. The van der Waals surface area contributed by atoms with Crippen molar-refractivity contribution in [2.45, 2.75) is 0 Å². The average molecular weight is 700 g/mol. The molecule has 11 rings (SSSR count). The third-order valence-electron chi connectivity index (χ3n) is 11.1. The lowest BCUT2D eigenvalue weighted by atomic mass is 9.90. The Hall–Kier alpha value is -7.29. The summed E-state index contributed by atoms with van der Waals surface area (Å²) in [5, 5.41) is 9.85. The molecule has 0 atom stereocenters. The smallest absolute Gasteiger partial charge is 0.143 e. The number of para-hydroxylation sites is 2. The number of rotatable bonds is 5. The molecule has 2 aromatic heterocycles. The Morgan fingerprint density at radius 1 is 0.291 bits per heavy atom. The molecular formula is C53H33NO. The van der Waals surface area contributed by atoms with E-state index in [4.69, 9.17) is 9.40 Å². The largest absolute Gasteiger partial charge is 0.455 e. The van der Waals surface area contributed by atoms with Gasteiger partial charge in [-0.25, -0.2) is 0 Å². The van der Waals surface area contributed by atoms with Crippen molar-refractivity contribution in [2.75, 3.05) is 0 Å². The van der Waals surface area contributed by atoms with E-state index in [1.54, 1.807) is 0 Å². The van der Waals surface area contributed by atoms with Crippen molar-refractivity contribution < 1.29 is 4.42 Å². The molecule has 0 saturated carbocycles. The minimum absolute atomic E-state index is 0.893. The normalized spacial score (nSPS) is 11.6. The van der Waals surface area contributed by atoms with E-state index in [1.807, 2.05) is 18.3 Å². The molecule has 0 unspecified atom stereocenters. The zero-order valence-corrected chi connectivity index (χ0v) is 29.9. The van der Waals surface area contributed by atoms with Crippen molar-refractivity contribution in [1.29, 1.82) is 0 Å². The van der Waals surface area contributed by atoms with Gasteiger partial charge in [0.2, 0.25) is 0 Å². The van der Waals surface area contributed by atoms with Crippen molar-refractivity contribution in [2.24, 2.45) is 0 Å². The second kappa shape index (κ2) is 12.7. The van der Waals surface area contributed by atoms with Crippen LogP contribution in [0.15, 0.2) is 205 Å². The Morgan fingerprint density at radius 2 is 0.818 bits per heavy atom. The second-order valence-corrected chi connectivity index (χ2v) is 14.3. The van der Waals surface area contributed by atoms with Gasteiger partial charge in [-0.2, -0.15) is 0 Å². The Kier molecular flexibility index (Phi) is 7.21. The van der Waals surface area contributed by atoms with Crippen molar-refractivity contribution in [3.05, 3.63) is 200 Å². The van der Waals surface area contributed by atoms with Crippen LogP contribution < -0.4 is 0 Å². The minimum atomic E-state index is 0.893. The predicted molar refractivity (Wildman–Crippen MR) is 231 cm³/mol. The highest BCUT2D eigenvalue weighted by molar-refractivity contribution is 6.25. The van der Waals surface area contributed by atoms with E-state index in [1.165, 1.54) is 49.0 Å². The molecule has 0 fully saturated rings. The first kappa shape index (κ1) is 31.3. The number of fused-ring (bicyclic) bond motifs is 9. The minimum Gasteiger partial charge on any atom is -0.455 e. The molecule has 0 aliphatic carbocycles. The molecule has 256 valence electrons. The summed E-state index contributed by atoms with van der Waals surface area (Å²) >= 11 is 0. The van der Waals surface area contributed by atoms with Gasteiger partial charge in [0.15, 0.2) is 0 Å². The SMILES string of the molecule is c1ccc(-c2cccc(-c3cc(-c4ccc5c6ccccc6c6ccccc6c5c4)cc(-c4cc(-c5cccc6c5oc5ccccc56)ccn4)c3)c2)cc1. The van der Waals surface area contributed by atoms with E-state index in [2.05, 4.69) is 182 Å². The third kappa shape index (κ3) is 5.30. The van der Waals surface area contributed by atoms with Crippen LogP contribution in [0, 0.1) is 0 Å². The maximum absolute atomic E-state index is 6.46. The summed E-state index contributed by atoms with van der Waals surface area (Å²) in [4.78, 5) is 4.99. The number of hydrogen-bond acceptors (Lipinski definition) is 2. The van der Waals surface area contributed by atoms with Gasteiger partial charge in [-0.05, 0) is 120 Å². The number of hydrogen-bond donors (Lipinski definition) is 0. The van der Waals surface area contributed by atoms with Gasteiger partial charge >= 0.3 is 0 Å². The fraction of sp³-hybridized carbons (Fsp3) is 0. The fourth-order valence-electron chi connectivity index (χ4n) is 8.44. The quantitative estimate of drug-likeness (QED) is 0.167. The topological polar surface area (TPSA) is 26.0 Å². The summed E-state index contributed by atoms with van der Waals surface area (Å²) in [6.07, 6.45) is 1.92. The highest BCUT2D eigenvalue weighted by Gasteiger charge is 2.16. The number of furan rings is 1. The van der Waals surface area contributed by atoms with Crippen LogP contribution in [0.4, 0.5) is 0 Å². The lowest BCUT2D eigenvalue weighted by Crippen LogP contribution is -1.90. The first-order valence-electron chi connectivity index (χ1n) is 18.8. The van der Waals surface area contributed by atoms with Crippen LogP contribution in [0.2, 0.25) is 0 Å². The van der Waals surface area contributed by atoms with Gasteiger partial charge in [0.05, 0.1) is 5.69 Å². The van der Waals surface area contributed by atoms with Crippen LogP contribution in [0.5, 0.6) is 0 Å². The van der Waals surface area contributed by atoms with Gasteiger partial charge in [0.25, 0.3) is 0 Å². The van der Waals surface area contributed by atoms with Gasteiger partial charge in [-0.3, -0.25) is 4.98 Å². The predicted octanol–water partition coefficient (Wildman–Crippen LogP) is 14.8. The maximum atomic E-state index is 6.46. The number of nitrogens with zero attached hydrogens (tertiary/aromatic N) is 1. The van der Waals surface area contributed by atoms with E-state index >= 15 is 0 Å². The monoisotopic (exact) mass is 699 g/mol. The van der Waals surface area contributed by atoms with E-state index in [0.717, 1.165) is 61.0 Å². The van der Waals surface area contributed by atoms with Crippen LogP contribution in [-0.2, 0) is 0 Å². The Morgan fingerprint density at radius 3 is 1.56 bits per heavy atom. The van der Waals surface area contributed by atoms with Crippen LogP contribution in [-0.4, -0.2) is 4.98 Å². The lowest BCUT2D eigenvalue weighted by molar-refractivity contribution is 0.670. The molecule has 0 radical (unpaired) electrons. The molecule has 9 aromatic carbocycles. The van der Waals surface area contributed by atoms with Gasteiger partial charge in [-0.15, -0.1) is 0 Å². The molecule has 0 saturated heterocycles. The van der Waals surface area contributed by atoms with Gasteiger partial charge < -0.3 is 4.42 Å². The second-order valence-electron chi connectivity index (χ2n) is 14.3. The molecule has 0 bridgehead atoms. The van der Waals surface area contributed by atoms with Gasteiger partial charge in [0, 0.05) is 28.1 Å². The molecule has 0 aliphatic rings. The van der Waals surface area contributed by atoms with E-state index in [-0.39, 0.29) is 0 Å². The van der Waals surface area contributed by atoms with Crippen molar-refractivity contribution in [1.82, 2.24) is 4.98 Å². The molecule has 0 amide bonds. The molecule has 2 heterocycles. The van der Waals surface area contributed by atoms with Gasteiger partial charge in [0.1, 0.15) is 11.2 Å². The summed E-state index contributed by atoms with van der Waals surface area (Å²) in [5.41, 5.74) is 12.9. The van der Waals surface area contributed by atoms with E-state index in [0.29, 0.717) is 0 Å². The Labute approximate surface area is 318 Å². The Bertz CT molecular complexity index is 3230. The first-order chi connectivity index (χ1) is 27.2. The van der Waals surface area contributed by atoms with Crippen molar-refractivity contribution >= 4 is 54.3 Å². The standard InChI is InChI=1S/C53H33NO/c1-2-12-34(13-3-1)35-14-10-15-36(28-35)39-29-40(37-24-25-47-45-18-5-4-16-43(45)44-17-6-7-19-46(44)50(47)32-37)31-41(30-39)51-33-38(26-27-54-51)42-21-11-22-49-48-20-8-9-23-52(48)55-53(42)49/h1-33H. The fourth-order valence-corrected chi connectivity index (χ4v) is 8.44. The van der Waals surface area contributed by atoms with Crippen molar-refractivity contribution in [3.63, 3.8) is 0 Å².